The molecule has 3 aliphatic rings. The molecule has 0 unspecified atom stereocenters. The van der Waals surface area contributed by atoms with E-state index in [-0.39, 0.29) is 36.1 Å². The van der Waals surface area contributed by atoms with Crippen molar-refractivity contribution >= 4 is 34.8 Å². The highest BCUT2D eigenvalue weighted by Crippen LogP contribution is 2.52. The van der Waals surface area contributed by atoms with Crippen molar-refractivity contribution in [1.82, 2.24) is 0 Å². The Labute approximate surface area is 175 Å². The van der Waals surface area contributed by atoms with Gasteiger partial charge in [-0.25, -0.2) is 0 Å². The summed E-state index contributed by atoms with van der Waals surface area (Å²) in [6.45, 7) is 1.24. The molecule has 7 N–H and O–H groups in total. The molecule has 3 aliphatic carbocycles. The van der Waals surface area contributed by atoms with Crippen LogP contribution in [-0.2, 0) is 25.6 Å². The normalized spacial score (nSPS) is 27.4. The number of hydrogen-bond donors (Lipinski definition) is 6. The van der Waals surface area contributed by atoms with E-state index >= 15 is 0 Å². The van der Waals surface area contributed by atoms with Crippen LogP contribution in [0.15, 0.2) is 29.0 Å². The molecule has 0 spiro atoms. The Morgan fingerprint density at radius 2 is 1.84 bits per heavy atom. The van der Waals surface area contributed by atoms with Crippen LogP contribution in [0.4, 0.5) is 5.69 Å². The molecule has 0 saturated heterocycles. The van der Waals surface area contributed by atoms with E-state index in [9.17, 15) is 39.6 Å². The number of Topliss-reactive ketones (excluding diaryl/α,β-unsaturated/α-hetero) is 2. The van der Waals surface area contributed by atoms with Gasteiger partial charge in [-0.1, -0.05) is 6.07 Å². The maximum atomic E-state index is 13.3. The molecular weight excluding hydrogens is 408 g/mol. The minimum atomic E-state index is -2.60. The van der Waals surface area contributed by atoms with E-state index in [1.54, 1.807) is 6.07 Å². The monoisotopic (exact) mass is 428 g/mol. The van der Waals surface area contributed by atoms with Gasteiger partial charge in [-0.2, -0.15) is 0 Å². The second-order valence-corrected chi connectivity index (χ2v) is 8.08. The standard InChI is InChI=1S/C21H20N2O8/c1-7(24)23-11-3-2-8-4-9-5-10-6-12(25)15(20(22)30)19(29)21(10,31)18(28)14(9)17(27)13(8)16(11)26/h2-3,9-10,26-27,29,31H,4-6H2,1H3,(H2,22,30)(H,23,24)/t9-,10-,21-/m0/s1. The first-order valence-electron chi connectivity index (χ1n) is 9.58. The van der Waals surface area contributed by atoms with E-state index in [4.69, 9.17) is 5.73 Å². The predicted molar refractivity (Wildman–Crippen MR) is 106 cm³/mol. The number of carbonyl (C=O) groups excluding carboxylic acids is 4. The molecule has 0 heterocycles. The van der Waals surface area contributed by atoms with Gasteiger partial charge in [-0.3, -0.25) is 19.2 Å². The first-order chi connectivity index (χ1) is 14.5. The Bertz CT molecular complexity index is 1150. The van der Waals surface area contributed by atoms with E-state index < -0.39 is 63.7 Å². The average Bonchev–Trinajstić information content (AvgIpc) is 2.66. The number of fused-ring (bicyclic) bond motifs is 3. The first-order valence-corrected chi connectivity index (χ1v) is 9.58. The van der Waals surface area contributed by atoms with Crippen LogP contribution < -0.4 is 11.1 Å². The van der Waals surface area contributed by atoms with Gasteiger partial charge in [0.25, 0.3) is 5.91 Å². The highest BCUT2D eigenvalue weighted by Gasteiger charge is 2.60. The van der Waals surface area contributed by atoms with Gasteiger partial charge in [0, 0.05) is 24.8 Å². The predicted octanol–water partition coefficient (Wildman–Crippen LogP) is 0.382. The Balaban J connectivity index is 1.90. The number of nitrogens with one attached hydrogen (secondary N) is 1. The number of ketones is 2. The fourth-order valence-electron chi connectivity index (χ4n) is 4.89. The van der Waals surface area contributed by atoms with Crippen molar-refractivity contribution in [2.75, 3.05) is 5.32 Å². The number of benzene rings is 1. The Morgan fingerprint density at radius 1 is 1.16 bits per heavy atom. The number of phenolic OH excluding ortho intramolecular Hbond substituents is 1. The Morgan fingerprint density at radius 3 is 2.45 bits per heavy atom. The SMILES string of the molecule is CC(=O)Nc1ccc2c(c1O)C(O)=C1C(=O)[C@]3(O)C(O)=C(C(N)=O)C(=O)C[C@@H]3C[C@@H]1C2. The topological polar surface area (TPSA) is 187 Å². The molecule has 1 aromatic rings. The summed E-state index contributed by atoms with van der Waals surface area (Å²) in [5.74, 6) is -7.32. The first kappa shape index (κ1) is 20.6. The highest BCUT2D eigenvalue weighted by molar-refractivity contribution is 6.22. The molecule has 0 radical (unpaired) electrons. The van der Waals surface area contributed by atoms with Crippen LogP contribution in [0.1, 0.15) is 30.9 Å². The van der Waals surface area contributed by atoms with Crippen LogP contribution in [0.5, 0.6) is 5.75 Å². The van der Waals surface area contributed by atoms with Crippen LogP contribution in [0.2, 0.25) is 0 Å². The maximum Gasteiger partial charge on any atom is 0.255 e. The van der Waals surface area contributed by atoms with Gasteiger partial charge in [0.05, 0.1) is 11.3 Å². The van der Waals surface area contributed by atoms with Gasteiger partial charge in [-0.15, -0.1) is 0 Å². The third-order valence-electron chi connectivity index (χ3n) is 6.25. The number of aliphatic hydroxyl groups is 3. The van der Waals surface area contributed by atoms with Gasteiger partial charge in [0.2, 0.25) is 11.7 Å². The van der Waals surface area contributed by atoms with Crippen molar-refractivity contribution in [2.24, 2.45) is 17.6 Å². The average molecular weight is 428 g/mol. The molecule has 0 aliphatic heterocycles. The molecule has 3 atom stereocenters. The number of rotatable bonds is 2. The van der Waals surface area contributed by atoms with Gasteiger partial charge in [0.15, 0.2) is 11.4 Å². The smallest absolute Gasteiger partial charge is 0.255 e. The summed E-state index contributed by atoms with van der Waals surface area (Å²) in [4.78, 5) is 48.6. The lowest BCUT2D eigenvalue weighted by Gasteiger charge is -2.46. The van der Waals surface area contributed by atoms with Crippen LogP contribution in [0.25, 0.3) is 5.76 Å². The van der Waals surface area contributed by atoms with Crippen LogP contribution in [0.3, 0.4) is 0 Å². The van der Waals surface area contributed by atoms with E-state index in [1.807, 2.05) is 0 Å². The van der Waals surface area contributed by atoms with Gasteiger partial charge in [-0.05, 0) is 30.4 Å². The third kappa shape index (κ3) is 2.75. The number of anilines is 1. The second-order valence-electron chi connectivity index (χ2n) is 8.08. The Hall–Kier alpha value is -3.66. The van der Waals surface area contributed by atoms with E-state index in [2.05, 4.69) is 5.32 Å². The van der Waals surface area contributed by atoms with Crippen molar-refractivity contribution in [3.8, 4) is 5.75 Å². The van der Waals surface area contributed by atoms with Crippen molar-refractivity contribution < 1.29 is 39.6 Å². The number of hydrogen-bond acceptors (Lipinski definition) is 8. The fraction of sp³-hybridized carbons (Fsp3) is 0.333. The molecule has 2 amide bonds. The number of aliphatic hydroxyl groups excluding tert-OH is 2. The zero-order chi connectivity index (χ0) is 22.8. The second kappa shape index (κ2) is 6.67. The molecule has 0 bridgehead atoms. The number of phenols is 1. The minimum absolute atomic E-state index is 0.0266. The molecular formula is C21H20N2O8. The zero-order valence-electron chi connectivity index (χ0n) is 16.4. The van der Waals surface area contributed by atoms with E-state index in [0.717, 1.165) is 0 Å². The molecule has 10 nitrogen and oxygen atoms in total. The van der Waals surface area contributed by atoms with Gasteiger partial charge < -0.3 is 31.5 Å². The van der Waals surface area contributed by atoms with Gasteiger partial charge >= 0.3 is 0 Å². The molecule has 1 aromatic carbocycles. The Kier molecular flexibility index (Phi) is 4.44. The molecule has 1 saturated carbocycles. The lowest BCUT2D eigenvalue weighted by Crippen LogP contribution is -2.58. The molecule has 1 fully saturated rings. The molecule has 4 rings (SSSR count). The van der Waals surface area contributed by atoms with Crippen LogP contribution in [-0.4, -0.2) is 49.4 Å². The quantitative estimate of drug-likeness (QED) is 0.288. The largest absolute Gasteiger partial charge is 0.508 e. The number of amides is 2. The van der Waals surface area contributed by atoms with Crippen molar-refractivity contribution in [3.05, 3.63) is 40.2 Å². The lowest BCUT2D eigenvalue weighted by molar-refractivity contribution is -0.147. The summed E-state index contributed by atoms with van der Waals surface area (Å²) >= 11 is 0. The minimum Gasteiger partial charge on any atom is -0.508 e. The summed E-state index contributed by atoms with van der Waals surface area (Å²) in [7, 11) is 0. The number of nitrogens with two attached hydrogens (primary N) is 1. The summed E-state index contributed by atoms with van der Waals surface area (Å²) in [6.07, 6.45) is -0.0892. The van der Waals surface area contributed by atoms with Gasteiger partial charge in [0.1, 0.15) is 22.8 Å². The lowest BCUT2D eigenvalue weighted by atomic mass is 9.59. The highest BCUT2D eigenvalue weighted by atomic mass is 16.3. The van der Waals surface area contributed by atoms with Crippen LogP contribution >= 0.6 is 0 Å². The number of aromatic hydroxyl groups is 1. The molecule has 0 aromatic heterocycles. The maximum absolute atomic E-state index is 13.3. The van der Waals surface area contributed by atoms with E-state index in [0.29, 0.717) is 5.56 Å². The summed E-state index contributed by atoms with van der Waals surface area (Å²) in [6, 6.07) is 3.06. The van der Waals surface area contributed by atoms with E-state index in [1.165, 1.54) is 13.0 Å². The summed E-state index contributed by atoms with van der Waals surface area (Å²) in [5, 5.41) is 45.5. The number of primary amides is 1. The summed E-state index contributed by atoms with van der Waals surface area (Å²) in [5.41, 5.74) is 1.95. The van der Waals surface area contributed by atoms with Crippen molar-refractivity contribution in [2.45, 2.75) is 31.8 Å². The van der Waals surface area contributed by atoms with Crippen LogP contribution in [0, 0.1) is 11.8 Å². The molecule has 31 heavy (non-hydrogen) atoms. The van der Waals surface area contributed by atoms with Crippen molar-refractivity contribution in [1.29, 1.82) is 0 Å². The molecule has 162 valence electrons. The molecule has 10 heteroatoms. The zero-order valence-corrected chi connectivity index (χ0v) is 16.4. The number of carbonyl (C=O) groups is 4. The third-order valence-corrected chi connectivity index (χ3v) is 6.25. The summed E-state index contributed by atoms with van der Waals surface area (Å²) < 4.78 is 0. The fourth-order valence-corrected chi connectivity index (χ4v) is 4.89. The van der Waals surface area contributed by atoms with Crippen molar-refractivity contribution in [3.63, 3.8) is 0 Å².